The molecule has 4 aliphatic carbocycles. The summed E-state index contributed by atoms with van der Waals surface area (Å²) in [6.07, 6.45) is 6.89. The molecule has 0 heterocycles. The van der Waals surface area contributed by atoms with Crippen LogP contribution in [0.1, 0.15) is 60.1 Å². The maximum Gasteiger partial charge on any atom is 0.0688 e. The van der Waals surface area contributed by atoms with E-state index in [0.717, 1.165) is 29.9 Å². The van der Waals surface area contributed by atoms with Crippen LogP contribution >= 0.6 is 0 Å². The molecule has 8 aromatic carbocycles. The average molecular weight is 754 g/mol. The van der Waals surface area contributed by atoms with E-state index in [4.69, 9.17) is 0 Å². The van der Waals surface area contributed by atoms with Gasteiger partial charge in [0.05, 0.1) is 5.41 Å². The van der Waals surface area contributed by atoms with Crippen molar-refractivity contribution in [3.63, 3.8) is 0 Å². The smallest absolute Gasteiger partial charge is 0.0688 e. The van der Waals surface area contributed by atoms with E-state index in [0.29, 0.717) is 0 Å². The largest absolute Gasteiger partial charge is 0.310 e. The minimum absolute atomic E-state index is 0.114. The molecule has 8 aromatic rings. The molecule has 1 nitrogen and oxygen atoms in total. The van der Waals surface area contributed by atoms with E-state index in [2.05, 4.69) is 219 Å². The van der Waals surface area contributed by atoms with Gasteiger partial charge in [-0.05, 0) is 138 Å². The van der Waals surface area contributed by atoms with Gasteiger partial charge in [0.2, 0.25) is 0 Å². The molecule has 0 saturated heterocycles. The van der Waals surface area contributed by atoms with Crippen LogP contribution in [-0.4, -0.2) is 0 Å². The van der Waals surface area contributed by atoms with Crippen molar-refractivity contribution in [2.24, 2.45) is 0 Å². The highest BCUT2D eigenvalue weighted by Crippen LogP contribution is 2.65. The summed E-state index contributed by atoms with van der Waals surface area (Å²) in [4.78, 5) is 2.49. The first-order valence-corrected chi connectivity index (χ1v) is 21.1. The van der Waals surface area contributed by atoms with Crippen molar-refractivity contribution >= 4 is 22.6 Å². The Balaban J connectivity index is 1.09. The van der Waals surface area contributed by atoms with Crippen molar-refractivity contribution in [3.8, 4) is 44.5 Å². The first kappa shape index (κ1) is 34.1. The van der Waals surface area contributed by atoms with Gasteiger partial charge in [-0.25, -0.2) is 0 Å². The van der Waals surface area contributed by atoms with E-state index < -0.39 is 0 Å². The van der Waals surface area contributed by atoms with Gasteiger partial charge in [-0.15, -0.1) is 0 Å². The SMILES string of the molecule is CC1(C)c2ccccc2-c2ccc(N(c3cccc(-c4ccccc4)c3)c3ccc4c(c3)-c3ccccc3C43C4=C(C=CCC4)c4c(-c5ccccc5)cccc43)cc21. The van der Waals surface area contributed by atoms with Gasteiger partial charge in [0.1, 0.15) is 0 Å². The third kappa shape index (κ3) is 4.79. The Hall–Kier alpha value is -6.96. The molecule has 0 radical (unpaired) electrons. The Morgan fingerprint density at radius 3 is 1.80 bits per heavy atom. The molecule has 59 heavy (non-hydrogen) atoms. The summed E-state index contributed by atoms with van der Waals surface area (Å²) in [7, 11) is 0. The Morgan fingerprint density at radius 2 is 0.983 bits per heavy atom. The molecule has 0 bridgehead atoms. The van der Waals surface area contributed by atoms with Gasteiger partial charge in [-0.2, -0.15) is 0 Å². The second-order valence-corrected chi connectivity index (χ2v) is 17.1. The Labute approximate surface area is 347 Å². The van der Waals surface area contributed by atoms with Crippen LogP contribution in [0.3, 0.4) is 0 Å². The van der Waals surface area contributed by atoms with Crippen molar-refractivity contribution in [3.05, 3.63) is 239 Å². The van der Waals surface area contributed by atoms with Crippen molar-refractivity contribution < 1.29 is 0 Å². The zero-order chi connectivity index (χ0) is 39.3. The number of rotatable bonds is 5. The van der Waals surface area contributed by atoms with Gasteiger partial charge >= 0.3 is 0 Å². The maximum absolute atomic E-state index is 2.49. The van der Waals surface area contributed by atoms with Crippen LogP contribution in [0.25, 0.3) is 50.1 Å². The van der Waals surface area contributed by atoms with Crippen molar-refractivity contribution in [1.82, 2.24) is 0 Å². The van der Waals surface area contributed by atoms with E-state index in [-0.39, 0.29) is 10.8 Å². The van der Waals surface area contributed by atoms with Crippen LogP contribution in [0, 0.1) is 0 Å². The predicted octanol–water partition coefficient (Wildman–Crippen LogP) is 15.2. The third-order valence-electron chi connectivity index (χ3n) is 13.8. The van der Waals surface area contributed by atoms with Gasteiger partial charge in [-0.3, -0.25) is 0 Å². The fourth-order valence-electron chi connectivity index (χ4n) is 11.2. The van der Waals surface area contributed by atoms with Crippen LogP contribution in [0.4, 0.5) is 17.1 Å². The second-order valence-electron chi connectivity index (χ2n) is 17.1. The zero-order valence-electron chi connectivity index (χ0n) is 33.4. The highest BCUT2D eigenvalue weighted by molar-refractivity contribution is 6.02. The molecule has 0 aliphatic heterocycles. The Kier molecular flexibility index (Phi) is 7.38. The Morgan fingerprint density at radius 1 is 0.407 bits per heavy atom. The molecule has 1 atom stereocenters. The topological polar surface area (TPSA) is 3.24 Å². The van der Waals surface area contributed by atoms with Crippen LogP contribution in [0.2, 0.25) is 0 Å². The van der Waals surface area contributed by atoms with Crippen molar-refractivity contribution in [2.75, 3.05) is 4.90 Å². The summed E-state index contributed by atoms with van der Waals surface area (Å²) in [5, 5.41) is 0. The van der Waals surface area contributed by atoms with Gasteiger partial charge in [0, 0.05) is 22.5 Å². The van der Waals surface area contributed by atoms with Crippen LogP contribution in [-0.2, 0) is 10.8 Å². The monoisotopic (exact) mass is 753 g/mol. The fraction of sp³-hybridized carbons (Fsp3) is 0.103. The normalized spacial score (nSPS) is 17.3. The van der Waals surface area contributed by atoms with E-state index in [9.17, 15) is 0 Å². The third-order valence-corrected chi connectivity index (χ3v) is 13.8. The van der Waals surface area contributed by atoms with Gasteiger partial charge < -0.3 is 4.90 Å². The van der Waals surface area contributed by atoms with Crippen molar-refractivity contribution in [1.29, 1.82) is 0 Å². The van der Waals surface area contributed by atoms with E-state index in [1.807, 2.05) is 0 Å². The molecule has 4 aliphatic rings. The molecule has 280 valence electrons. The van der Waals surface area contributed by atoms with Gasteiger partial charge in [-0.1, -0.05) is 178 Å². The number of fused-ring (bicyclic) bond motifs is 12. The summed E-state index contributed by atoms with van der Waals surface area (Å²) in [5.41, 5.74) is 24.6. The lowest BCUT2D eigenvalue weighted by Crippen LogP contribution is -2.27. The van der Waals surface area contributed by atoms with Gasteiger partial charge in [0.25, 0.3) is 0 Å². The molecule has 0 N–H and O–H groups in total. The zero-order valence-corrected chi connectivity index (χ0v) is 33.4. The lowest BCUT2D eigenvalue weighted by Gasteiger charge is -2.34. The summed E-state index contributed by atoms with van der Waals surface area (Å²) in [6, 6.07) is 70.5. The van der Waals surface area contributed by atoms with Crippen molar-refractivity contribution in [2.45, 2.75) is 37.5 Å². The number of nitrogens with zero attached hydrogens (tertiary/aromatic N) is 1. The van der Waals surface area contributed by atoms with E-state index >= 15 is 0 Å². The quantitative estimate of drug-likeness (QED) is 0.169. The number of hydrogen-bond donors (Lipinski definition) is 0. The molecule has 1 unspecified atom stereocenters. The molecule has 1 heteroatoms. The highest BCUT2D eigenvalue weighted by atomic mass is 15.1. The lowest BCUT2D eigenvalue weighted by molar-refractivity contribution is 0.660. The molecular weight excluding hydrogens is 711 g/mol. The number of hydrogen-bond acceptors (Lipinski definition) is 1. The minimum Gasteiger partial charge on any atom is -0.310 e. The van der Waals surface area contributed by atoms with E-state index in [1.165, 1.54) is 89.0 Å². The standard InChI is InChI=1S/C58H43N/c1-57(2)50-27-12-9-23-45(50)47-33-31-43(37-55(47)57)59(41-22-15-21-40(35-41)38-17-5-3-6-18-38)42-32-34-53-49(36-42)46-24-10-13-28-51(46)58(53)52-29-14-11-25-48(52)56-44(26-16-30-54(56)58)39-19-7-4-8-20-39/h3-13,15-28,30-37H,14,29H2,1-2H3. The lowest BCUT2D eigenvalue weighted by atomic mass is 9.68. The van der Waals surface area contributed by atoms with Crippen LogP contribution in [0.5, 0.6) is 0 Å². The summed E-state index contributed by atoms with van der Waals surface area (Å²) in [5.74, 6) is 0. The van der Waals surface area contributed by atoms with Crippen LogP contribution < -0.4 is 4.90 Å². The summed E-state index contributed by atoms with van der Waals surface area (Å²) < 4.78 is 0. The molecule has 0 aromatic heterocycles. The predicted molar refractivity (Wildman–Crippen MR) is 247 cm³/mol. The highest BCUT2D eigenvalue weighted by Gasteiger charge is 2.53. The molecule has 12 rings (SSSR count). The number of anilines is 3. The average Bonchev–Trinajstić information content (AvgIpc) is 3.85. The summed E-state index contributed by atoms with van der Waals surface area (Å²) in [6.45, 7) is 4.75. The number of allylic oxidation sites excluding steroid dienone is 4. The molecule has 0 amide bonds. The maximum atomic E-state index is 2.49. The molecule has 0 fully saturated rings. The first-order valence-electron chi connectivity index (χ1n) is 21.1. The van der Waals surface area contributed by atoms with Crippen LogP contribution in [0.15, 0.2) is 206 Å². The molecule has 0 saturated carbocycles. The summed E-state index contributed by atoms with van der Waals surface area (Å²) >= 11 is 0. The minimum atomic E-state index is -0.355. The molecule has 1 spiro atoms. The fourth-order valence-corrected chi connectivity index (χ4v) is 11.2. The Bertz CT molecular complexity index is 3070. The van der Waals surface area contributed by atoms with E-state index in [1.54, 1.807) is 0 Å². The first-order chi connectivity index (χ1) is 29.0. The van der Waals surface area contributed by atoms with Gasteiger partial charge in [0.15, 0.2) is 0 Å². The second kappa shape index (κ2) is 12.8. The number of benzene rings is 8. The molecular formula is C58H43N.